The molecule has 0 bridgehead atoms. The summed E-state index contributed by atoms with van der Waals surface area (Å²) >= 11 is 0. The van der Waals surface area contributed by atoms with Gasteiger partial charge in [0.15, 0.2) is 5.69 Å². The van der Waals surface area contributed by atoms with Gasteiger partial charge in [0.05, 0.1) is 19.3 Å². The Labute approximate surface area is 209 Å². The largest absolute Gasteiger partial charge is 0.354 e. The highest BCUT2D eigenvalue weighted by Gasteiger charge is 2.22. The van der Waals surface area contributed by atoms with E-state index >= 15 is 0 Å². The molecule has 0 saturated carbocycles. The van der Waals surface area contributed by atoms with Crippen molar-refractivity contribution >= 4 is 17.4 Å². The van der Waals surface area contributed by atoms with E-state index in [0.29, 0.717) is 12.2 Å². The number of benzene rings is 2. The monoisotopic (exact) mass is 485 g/mol. The fourth-order valence-electron chi connectivity index (χ4n) is 4.20. The molecule has 9 heteroatoms. The number of carbonyl (C=O) groups is 1. The van der Waals surface area contributed by atoms with Crippen molar-refractivity contribution in [2.24, 2.45) is 0 Å². The van der Waals surface area contributed by atoms with Gasteiger partial charge < -0.3 is 14.7 Å². The Morgan fingerprint density at radius 2 is 1.69 bits per heavy atom. The summed E-state index contributed by atoms with van der Waals surface area (Å²) < 4.78 is 15.2. The van der Waals surface area contributed by atoms with Crippen LogP contribution in [-0.2, 0) is 13.1 Å². The molecule has 4 aromatic rings. The maximum atomic E-state index is 13.6. The number of piperazine rings is 1. The van der Waals surface area contributed by atoms with E-state index in [4.69, 9.17) is 0 Å². The quantitative estimate of drug-likeness (QED) is 0.399. The van der Waals surface area contributed by atoms with E-state index in [1.165, 1.54) is 12.1 Å². The molecule has 1 fully saturated rings. The fourth-order valence-corrected chi connectivity index (χ4v) is 4.20. The van der Waals surface area contributed by atoms with Gasteiger partial charge in [-0.1, -0.05) is 41.6 Å². The van der Waals surface area contributed by atoms with Gasteiger partial charge in [0.2, 0.25) is 0 Å². The average molecular weight is 486 g/mol. The number of pyridine rings is 1. The Morgan fingerprint density at radius 3 is 2.39 bits per heavy atom. The molecule has 0 aliphatic carbocycles. The lowest BCUT2D eigenvalue weighted by Crippen LogP contribution is -2.44. The molecule has 0 spiro atoms. The van der Waals surface area contributed by atoms with Gasteiger partial charge in [0.1, 0.15) is 11.6 Å². The van der Waals surface area contributed by atoms with Crippen molar-refractivity contribution < 1.29 is 9.18 Å². The molecular weight excluding hydrogens is 457 g/mol. The first-order chi connectivity index (χ1) is 17.5. The Morgan fingerprint density at radius 1 is 0.944 bits per heavy atom. The molecule has 1 saturated heterocycles. The Hall–Kier alpha value is -4.11. The van der Waals surface area contributed by atoms with Crippen molar-refractivity contribution in [2.45, 2.75) is 13.1 Å². The SMILES string of the molecule is CN1CCN(c2ccc(CN(C(=O)c3cn(Cc4ccccc4)nn3)c3ccc(F)cc3)cn2)CC1. The van der Waals surface area contributed by atoms with Crippen LogP contribution >= 0.6 is 0 Å². The average Bonchev–Trinajstić information content (AvgIpc) is 3.37. The molecule has 0 radical (unpaired) electrons. The summed E-state index contributed by atoms with van der Waals surface area (Å²) in [6.45, 7) is 4.65. The molecule has 5 rings (SSSR count). The molecule has 2 aromatic heterocycles. The maximum absolute atomic E-state index is 13.6. The normalized spacial score (nSPS) is 14.1. The van der Waals surface area contributed by atoms with Crippen molar-refractivity contribution in [3.05, 3.63) is 102 Å². The minimum absolute atomic E-state index is 0.220. The van der Waals surface area contributed by atoms with Gasteiger partial charge in [0.25, 0.3) is 5.91 Å². The van der Waals surface area contributed by atoms with Gasteiger partial charge in [-0.15, -0.1) is 5.10 Å². The highest BCUT2D eigenvalue weighted by atomic mass is 19.1. The van der Waals surface area contributed by atoms with Gasteiger partial charge in [0, 0.05) is 38.1 Å². The number of carbonyl (C=O) groups excluding carboxylic acids is 1. The van der Waals surface area contributed by atoms with E-state index in [1.54, 1.807) is 34.1 Å². The first-order valence-corrected chi connectivity index (χ1v) is 11.9. The highest BCUT2D eigenvalue weighted by Crippen LogP contribution is 2.21. The van der Waals surface area contributed by atoms with Crippen molar-refractivity contribution in [1.82, 2.24) is 24.9 Å². The number of aromatic nitrogens is 4. The standard InChI is InChI=1S/C27H28FN7O/c1-32-13-15-33(16-14-32)26-12-7-22(17-29-26)19-35(24-10-8-23(28)9-11-24)27(36)25-20-34(31-30-25)18-21-5-3-2-4-6-21/h2-12,17,20H,13-16,18-19H2,1H3. The van der Waals surface area contributed by atoms with Crippen molar-refractivity contribution in [3.63, 3.8) is 0 Å². The number of hydrogen-bond acceptors (Lipinski definition) is 6. The fraction of sp³-hybridized carbons (Fsp3) is 0.259. The summed E-state index contributed by atoms with van der Waals surface area (Å²) in [5.74, 6) is 0.248. The second-order valence-electron chi connectivity index (χ2n) is 8.97. The van der Waals surface area contributed by atoms with Crippen LogP contribution in [0.15, 0.2) is 79.1 Å². The topological polar surface area (TPSA) is 70.4 Å². The summed E-state index contributed by atoms with van der Waals surface area (Å²) in [6.07, 6.45) is 3.43. The first kappa shape index (κ1) is 23.6. The van der Waals surface area contributed by atoms with Gasteiger partial charge in [-0.05, 0) is 48.5 Å². The molecule has 1 aliphatic rings. The van der Waals surface area contributed by atoms with E-state index in [-0.39, 0.29) is 24.0 Å². The zero-order valence-electron chi connectivity index (χ0n) is 20.2. The molecule has 8 nitrogen and oxygen atoms in total. The third-order valence-corrected chi connectivity index (χ3v) is 6.31. The molecule has 3 heterocycles. The second-order valence-corrected chi connectivity index (χ2v) is 8.97. The van der Waals surface area contributed by atoms with Crippen LogP contribution in [0.5, 0.6) is 0 Å². The van der Waals surface area contributed by atoms with Gasteiger partial charge in [-0.25, -0.2) is 14.1 Å². The summed E-state index contributed by atoms with van der Waals surface area (Å²) in [5, 5.41) is 8.26. The smallest absolute Gasteiger partial charge is 0.280 e. The molecule has 0 unspecified atom stereocenters. The van der Waals surface area contributed by atoms with Crippen LogP contribution in [0.25, 0.3) is 0 Å². The summed E-state index contributed by atoms with van der Waals surface area (Å²) in [6, 6.07) is 19.7. The number of hydrogen-bond donors (Lipinski definition) is 0. The number of likely N-dealkylation sites (N-methyl/N-ethyl adjacent to an activating group) is 1. The van der Waals surface area contributed by atoms with Crippen molar-refractivity contribution in [2.75, 3.05) is 43.0 Å². The lowest BCUT2D eigenvalue weighted by atomic mass is 10.2. The van der Waals surface area contributed by atoms with E-state index < -0.39 is 0 Å². The molecule has 184 valence electrons. The number of nitrogens with zero attached hydrogens (tertiary/aromatic N) is 7. The van der Waals surface area contributed by atoms with Gasteiger partial charge >= 0.3 is 0 Å². The molecule has 1 amide bonds. The Kier molecular flexibility index (Phi) is 6.99. The minimum atomic E-state index is -0.363. The third kappa shape index (κ3) is 5.58. The Bertz CT molecular complexity index is 1280. The van der Waals surface area contributed by atoms with Gasteiger partial charge in [-0.3, -0.25) is 4.79 Å². The summed E-state index contributed by atoms with van der Waals surface area (Å²) in [4.78, 5) is 24.3. The van der Waals surface area contributed by atoms with Crippen LogP contribution in [0.2, 0.25) is 0 Å². The van der Waals surface area contributed by atoms with Crippen LogP contribution in [-0.4, -0.2) is 64.0 Å². The van der Waals surface area contributed by atoms with E-state index in [2.05, 4.69) is 32.1 Å². The molecule has 0 N–H and O–H groups in total. The second kappa shape index (κ2) is 10.7. The van der Waals surface area contributed by atoms with Crippen LogP contribution in [0, 0.1) is 5.82 Å². The number of amides is 1. The number of rotatable bonds is 7. The molecular formula is C27H28FN7O. The van der Waals surface area contributed by atoms with Gasteiger partial charge in [-0.2, -0.15) is 0 Å². The zero-order valence-corrected chi connectivity index (χ0v) is 20.2. The first-order valence-electron chi connectivity index (χ1n) is 11.9. The van der Waals surface area contributed by atoms with E-state index in [9.17, 15) is 9.18 Å². The van der Waals surface area contributed by atoms with Crippen molar-refractivity contribution in [1.29, 1.82) is 0 Å². The van der Waals surface area contributed by atoms with Crippen LogP contribution in [0.1, 0.15) is 21.6 Å². The minimum Gasteiger partial charge on any atom is -0.354 e. The Balaban J connectivity index is 1.35. The number of anilines is 2. The lowest BCUT2D eigenvalue weighted by Gasteiger charge is -2.33. The van der Waals surface area contributed by atoms with E-state index in [1.807, 2.05) is 42.5 Å². The van der Waals surface area contributed by atoms with Crippen LogP contribution < -0.4 is 9.80 Å². The van der Waals surface area contributed by atoms with Crippen molar-refractivity contribution in [3.8, 4) is 0 Å². The molecule has 1 aliphatic heterocycles. The zero-order chi connectivity index (χ0) is 24.9. The predicted molar refractivity (Wildman–Crippen MR) is 136 cm³/mol. The molecule has 36 heavy (non-hydrogen) atoms. The third-order valence-electron chi connectivity index (χ3n) is 6.31. The van der Waals surface area contributed by atoms with Crippen LogP contribution in [0.3, 0.4) is 0 Å². The highest BCUT2D eigenvalue weighted by molar-refractivity contribution is 6.04. The molecule has 0 atom stereocenters. The number of halogens is 1. The summed E-state index contributed by atoms with van der Waals surface area (Å²) in [5.41, 5.74) is 2.71. The maximum Gasteiger partial charge on any atom is 0.280 e. The predicted octanol–water partition coefficient (Wildman–Crippen LogP) is 3.46. The summed E-state index contributed by atoms with van der Waals surface area (Å²) in [7, 11) is 2.12. The molecule has 2 aromatic carbocycles. The lowest BCUT2D eigenvalue weighted by molar-refractivity contribution is 0.0980. The van der Waals surface area contributed by atoms with E-state index in [0.717, 1.165) is 43.1 Å². The van der Waals surface area contributed by atoms with Crippen LogP contribution in [0.4, 0.5) is 15.9 Å².